The highest BCUT2D eigenvalue weighted by Gasteiger charge is 2.18. The van der Waals surface area contributed by atoms with Crippen LogP contribution < -0.4 is 15.6 Å². The van der Waals surface area contributed by atoms with Crippen LogP contribution in [0.15, 0.2) is 24.3 Å². The summed E-state index contributed by atoms with van der Waals surface area (Å²) >= 11 is 0. The van der Waals surface area contributed by atoms with Gasteiger partial charge < -0.3 is 4.74 Å². The van der Waals surface area contributed by atoms with E-state index >= 15 is 0 Å². The van der Waals surface area contributed by atoms with Crippen LogP contribution in [0.5, 0.6) is 5.75 Å². The monoisotopic (exact) mass is 304 g/mol. The Balaban J connectivity index is 1.77. The van der Waals surface area contributed by atoms with Gasteiger partial charge in [-0.25, -0.2) is 0 Å². The molecule has 0 atom stereocenters. The molecule has 1 fully saturated rings. The molecule has 22 heavy (non-hydrogen) atoms. The van der Waals surface area contributed by atoms with E-state index in [-0.39, 0.29) is 17.9 Å². The van der Waals surface area contributed by atoms with Gasteiger partial charge in [-0.1, -0.05) is 12.8 Å². The van der Waals surface area contributed by atoms with Crippen molar-refractivity contribution in [3.05, 3.63) is 29.8 Å². The molecule has 0 spiro atoms. The summed E-state index contributed by atoms with van der Waals surface area (Å²) in [6.45, 7) is 3.89. The number of hydrogen-bond donors (Lipinski definition) is 2. The lowest BCUT2D eigenvalue weighted by molar-refractivity contribution is -0.122. The summed E-state index contributed by atoms with van der Waals surface area (Å²) in [6, 6.07) is 6.84. The minimum absolute atomic E-state index is 0.0922. The quantitative estimate of drug-likeness (QED) is 0.822. The first-order chi connectivity index (χ1) is 10.5. The van der Waals surface area contributed by atoms with E-state index < -0.39 is 0 Å². The second kappa shape index (κ2) is 7.82. The molecular weight excluding hydrogens is 280 g/mol. The van der Waals surface area contributed by atoms with Crippen molar-refractivity contribution in [2.24, 2.45) is 5.92 Å². The highest BCUT2D eigenvalue weighted by Crippen LogP contribution is 2.27. The van der Waals surface area contributed by atoms with E-state index in [0.717, 1.165) is 18.6 Å². The summed E-state index contributed by atoms with van der Waals surface area (Å²) < 4.78 is 5.52. The molecule has 5 heteroatoms. The fourth-order valence-electron chi connectivity index (χ4n) is 2.68. The van der Waals surface area contributed by atoms with Crippen LogP contribution in [0.1, 0.15) is 56.3 Å². The van der Waals surface area contributed by atoms with Gasteiger partial charge in [0.05, 0.1) is 6.10 Å². The Labute approximate surface area is 131 Å². The molecule has 2 N–H and O–H groups in total. The Hall–Kier alpha value is -2.04. The average molecular weight is 304 g/mol. The maximum absolute atomic E-state index is 12.0. The molecule has 2 amide bonds. The second-order valence-electron chi connectivity index (χ2n) is 6.05. The predicted molar refractivity (Wildman–Crippen MR) is 84.4 cm³/mol. The van der Waals surface area contributed by atoms with Gasteiger partial charge in [-0.2, -0.15) is 0 Å². The molecule has 0 heterocycles. The summed E-state index contributed by atoms with van der Waals surface area (Å²) in [6.07, 6.45) is 5.21. The molecule has 0 bridgehead atoms. The van der Waals surface area contributed by atoms with Crippen molar-refractivity contribution in [2.75, 3.05) is 0 Å². The van der Waals surface area contributed by atoms with Crippen LogP contribution in [0, 0.1) is 5.92 Å². The van der Waals surface area contributed by atoms with Crippen LogP contribution in [-0.4, -0.2) is 17.9 Å². The number of nitrogens with one attached hydrogen (secondary N) is 2. The minimum Gasteiger partial charge on any atom is -0.491 e. The van der Waals surface area contributed by atoms with Crippen LogP contribution in [0.25, 0.3) is 0 Å². The molecule has 0 unspecified atom stereocenters. The lowest BCUT2D eigenvalue weighted by Gasteiger charge is -2.12. The van der Waals surface area contributed by atoms with Crippen LogP contribution in [-0.2, 0) is 4.79 Å². The SMILES string of the molecule is CC(C)Oc1ccc(C(=O)NNC(=O)CC2CCCC2)cc1. The lowest BCUT2D eigenvalue weighted by Crippen LogP contribution is -2.42. The third-order valence-corrected chi connectivity index (χ3v) is 3.75. The summed E-state index contributed by atoms with van der Waals surface area (Å²) in [5.74, 6) is 0.733. The van der Waals surface area contributed by atoms with Crippen LogP contribution in [0.3, 0.4) is 0 Å². The summed E-state index contributed by atoms with van der Waals surface area (Å²) in [4.78, 5) is 23.7. The number of ether oxygens (including phenoxy) is 1. The van der Waals surface area contributed by atoms with Crippen molar-refractivity contribution in [3.63, 3.8) is 0 Å². The molecule has 0 saturated heterocycles. The van der Waals surface area contributed by atoms with Crippen LogP contribution in [0.2, 0.25) is 0 Å². The number of hydrogen-bond acceptors (Lipinski definition) is 3. The van der Waals surface area contributed by atoms with Gasteiger partial charge in [0, 0.05) is 12.0 Å². The van der Waals surface area contributed by atoms with E-state index in [1.54, 1.807) is 24.3 Å². The zero-order valence-electron chi connectivity index (χ0n) is 13.2. The van der Waals surface area contributed by atoms with E-state index in [1.807, 2.05) is 13.8 Å². The zero-order chi connectivity index (χ0) is 15.9. The second-order valence-corrected chi connectivity index (χ2v) is 6.05. The molecule has 5 nitrogen and oxygen atoms in total. The van der Waals surface area contributed by atoms with Gasteiger partial charge in [0.1, 0.15) is 5.75 Å². The Morgan fingerprint density at radius 3 is 2.36 bits per heavy atom. The number of carbonyl (C=O) groups excluding carboxylic acids is 2. The minimum atomic E-state index is -0.323. The normalized spacial score (nSPS) is 14.9. The summed E-state index contributed by atoms with van der Waals surface area (Å²) in [5.41, 5.74) is 5.42. The largest absolute Gasteiger partial charge is 0.491 e. The van der Waals surface area contributed by atoms with Gasteiger partial charge in [-0.3, -0.25) is 20.4 Å². The Morgan fingerprint density at radius 2 is 1.77 bits per heavy atom. The lowest BCUT2D eigenvalue weighted by atomic mass is 10.0. The van der Waals surface area contributed by atoms with Crippen molar-refractivity contribution in [1.29, 1.82) is 0 Å². The predicted octanol–water partition coefficient (Wildman–Crippen LogP) is 2.82. The molecular formula is C17H24N2O3. The summed E-state index contributed by atoms with van der Waals surface area (Å²) in [7, 11) is 0. The first kappa shape index (κ1) is 16.3. The number of carbonyl (C=O) groups is 2. The Morgan fingerprint density at radius 1 is 1.14 bits per heavy atom. The fourth-order valence-corrected chi connectivity index (χ4v) is 2.68. The molecule has 2 rings (SSSR count). The van der Waals surface area contributed by atoms with E-state index in [2.05, 4.69) is 10.9 Å². The van der Waals surface area contributed by atoms with E-state index in [4.69, 9.17) is 4.74 Å². The maximum Gasteiger partial charge on any atom is 0.269 e. The van der Waals surface area contributed by atoms with Crippen molar-refractivity contribution in [1.82, 2.24) is 10.9 Å². The standard InChI is InChI=1S/C17H24N2O3/c1-12(2)22-15-9-7-14(8-10-15)17(21)19-18-16(20)11-13-5-3-4-6-13/h7-10,12-13H,3-6,11H2,1-2H3,(H,18,20)(H,19,21). The van der Waals surface area contributed by atoms with E-state index in [9.17, 15) is 9.59 Å². The first-order valence-corrected chi connectivity index (χ1v) is 7.90. The fraction of sp³-hybridized carbons (Fsp3) is 0.529. The molecule has 0 radical (unpaired) electrons. The maximum atomic E-state index is 12.0. The number of benzene rings is 1. The highest BCUT2D eigenvalue weighted by atomic mass is 16.5. The van der Waals surface area contributed by atoms with Gasteiger partial charge in [0.25, 0.3) is 5.91 Å². The molecule has 120 valence electrons. The topological polar surface area (TPSA) is 67.4 Å². The number of rotatable bonds is 5. The van der Waals surface area contributed by atoms with Crippen molar-refractivity contribution in [3.8, 4) is 5.75 Å². The number of hydrazine groups is 1. The highest BCUT2D eigenvalue weighted by molar-refractivity contribution is 5.95. The van der Waals surface area contributed by atoms with Crippen molar-refractivity contribution >= 4 is 11.8 Å². The molecule has 0 aliphatic heterocycles. The Bertz CT molecular complexity index is 505. The smallest absolute Gasteiger partial charge is 0.269 e. The van der Waals surface area contributed by atoms with Gasteiger partial charge in [-0.15, -0.1) is 0 Å². The van der Waals surface area contributed by atoms with Gasteiger partial charge in [0.2, 0.25) is 5.91 Å². The first-order valence-electron chi connectivity index (χ1n) is 7.90. The third-order valence-electron chi connectivity index (χ3n) is 3.75. The number of amides is 2. The van der Waals surface area contributed by atoms with Gasteiger partial charge in [0.15, 0.2) is 0 Å². The van der Waals surface area contributed by atoms with Crippen LogP contribution in [0.4, 0.5) is 0 Å². The zero-order valence-corrected chi connectivity index (χ0v) is 13.2. The van der Waals surface area contributed by atoms with E-state index in [1.165, 1.54) is 12.8 Å². The molecule has 1 aliphatic carbocycles. The van der Waals surface area contributed by atoms with Crippen molar-refractivity contribution < 1.29 is 14.3 Å². The van der Waals surface area contributed by atoms with Gasteiger partial charge in [-0.05, 0) is 56.9 Å². The van der Waals surface area contributed by atoms with Crippen LogP contribution >= 0.6 is 0 Å². The van der Waals surface area contributed by atoms with Crippen molar-refractivity contribution in [2.45, 2.75) is 52.1 Å². The van der Waals surface area contributed by atoms with E-state index in [0.29, 0.717) is 17.9 Å². The Kier molecular flexibility index (Phi) is 5.81. The third kappa shape index (κ3) is 5.06. The molecule has 0 aromatic heterocycles. The molecule has 1 saturated carbocycles. The molecule has 1 aliphatic rings. The molecule has 1 aromatic rings. The molecule has 1 aromatic carbocycles. The average Bonchev–Trinajstić information content (AvgIpc) is 2.98. The van der Waals surface area contributed by atoms with Gasteiger partial charge >= 0.3 is 0 Å². The summed E-state index contributed by atoms with van der Waals surface area (Å²) in [5, 5.41) is 0.